The van der Waals surface area contributed by atoms with Gasteiger partial charge in [0.1, 0.15) is 0 Å². The maximum Gasteiger partial charge on any atom is 0.253 e. The number of sulfonamides is 1. The highest BCUT2D eigenvalue weighted by Crippen LogP contribution is 2.28. The zero-order valence-electron chi connectivity index (χ0n) is 15.5. The van der Waals surface area contributed by atoms with Gasteiger partial charge in [0.2, 0.25) is 10.0 Å². The molecule has 1 saturated heterocycles. The van der Waals surface area contributed by atoms with Crippen molar-refractivity contribution in [2.45, 2.75) is 30.2 Å². The van der Waals surface area contributed by atoms with Crippen molar-refractivity contribution in [3.05, 3.63) is 23.8 Å². The van der Waals surface area contributed by atoms with Crippen molar-refractivity contribution in [3.63, 3.8) is 0 Å². The number of hydrogen-bond acceptors (Lipinski definition) is 6. The Labute approximate surface area is 178 Å². The third-order valence-corrected chi connectivity index (χ3v) is 6.08. The summed E-state index contributed by atoms with van der Waals surface area (Å²) in [5.74, 6) is -0.0328. The molecule has 2 aliphatic rings. The predicted molar refractivity (Wildman–Crippen MR) is 113 cm³/mol. The number of nitrogens with one attached hydrogen (secondary N) is 1. The molecular formula is C17H28Cl2N4O4S. The number of morpholine rings is 1. The highest BCUT2D eigenvalue weighted by molar-refractivity contribution is 7.89. The fourth-order valence-corrected chi connectivity index (χ4v) is 4.25. The van der Waals surface area contributed by atoms with Gasteiger partial charge in [-0.05, 0) is 43.5 Å². The lowest BCUT2D eigenvalue weighted by atomic mass is 10.0. The van der Waals surface area contributed by atoms with Crippen LogP contribution in [0, 0.1) is 5.92 Å². The largest absolute Gasteiger partial charge is 0.378 e. The molecule has 8 nitrogen and oxygen atoms in total. The quantitative estimate of drug-likeness (QED) is 0.605. The number of primary sulfonamides is 1. The lowest BCUT2D eigenvalue weighted by Gasteiger charge is -2.31. The number of halogens is 2. The van der Waals surface area contributed by atoms with Crippen molar-refractivity contribution in [1.29, 1.82) is 0 Å². The van der Waals surface area contributed by atoms with E-state index in [-0.39, 0.29) is 47.6 Å². The highest BCUT2D eigenvalue weighted by Gasteiger charge is 2.29. The van der Waals surface area contributed by atoms with E-state index in [4.69, 9.17) is 15.6 Å². The first-order valence-corrected chi connectivity index (χ1v) is 10.5. The van der Waals surface area contributed by atoms with Crippen LogP contribution < -0.4 is 21.1 Å². The van der Waals surface area contributed by atoms with Gasteiger partial charge in [-0.1, -0.05) is 6.42 Å². The summed E-state index contributed by atoms with van der Waals surface area (Å²) >= 11 is 0. The number of ether oxygens (including phenoxy) is 1. The Morgan fingerprint density at radius 2 is 1.89 bits per heavy atom. The van der Waals surface area contributed by atoms with Crippen LogP contribution in [-0.2, 0) is 14.8 Å². The second kappa shape index (κ2) is 10.6. The molecule has 1 heterocycles. The lowest BCUT2D eigenvalue weighted by Crippen LogP contribution is -2.42. The lowest BCUT2D eigenvalue weighted by molar-refractivity contribution is 0.0927. The van der Waals surface area contributed by atoms with Crippen LogP contribution in [0.1, 0.15) is 29.6 Å². The minimum Gasteiger partial charge on any atom is -0.378 e. The maximum atomic E-state index is 13.0. The van der Waals surface area contributed by atoms with Crippen LogP contribution in [0.3, 0.4) is 0 Å². The van der Waals surface area contributed by atoms with Gasteiger partial charge in [-0.3, -0.25) is 4.79 Å². The molecule has 2 unspecified atom stereocenters. The Kier molecular flexibility index (Phi) is 9.45. The second-order valence-corrected chi connectivity index (χ2v) is 8.39. The Bertz CT molecular complexity index is 772. The SMILES string of the molecule is Cl.Cl.NCC1CCCC1NC(=O)c1cc(S(N)(=O)=O)ccc1N1CCOCC1. The number of anilines is 1. The minimum absolute atomic E-state index is 0. The highest BCUT2D eigenvalue weighted by atomic mass is 35.5. The van der Waals surface area contributed by atoms with E-state index in [0.717, 1.165) is 19.3 Å². The monoisotopic (exact) mass is 454 g/mol. The number of nitrogens with zero attached hydrogens (tertiary/aromatic N) is 1. The van der Waals surface area contributed by atoms with Crippen molar-refractivity contribution >= 4 is 46.4 Å². The first kappa shape index (κ1) is 24.9. The van der Waals surface area contributed by atoms with E-state index >= 15 is 0 Å². The summed E-state index contributed by atoms with van der Waals surface area (Å²) in [5, 5.41) is 8.29. The normalized spacial score (nSPS) is 22.1. The number of carbonyl (C=O) groups excluding carboxylic acids is 1. The zero-order chi connectivity index (χ0) is 18.7. The third kappa shape index (κ3) is 5.71. The van der Waals surface area contributed by atoms with Crippen LogP contribution in [0.4, 0.5) is 5.69 Å². The number of nitrogens with two attached hydrogens (primary N) is 2. The average Bonchev–Trinajstić information content (AvgIpc) is 3.08. The van der Waals surface area contributed by atoms with Crippen LogP contribution in [0.2, 0.25) is 0 Å². The van der Waals surface area contributed by atoms with Crippen molar-refractivity contribution < 1.29 is 17.9 Å². The van der Waals surface area contributed by atoms with Crippen molar-refractivity contribution in [3.8, 4) is 0 Å². The first-order chi connectivity index (χ1) is 12.4. The molecule has 3 rings (SSSR count). The zero-order valence-corrected chi connectivity index (χ0v) is 18.0. The maximum absolute atomic E-state index is 13.0. The standard InChI is InChI=1S/C17H26N4O4S.2ClH/c18-11-12-2-1-3-15(12)20-17(22)14-10-13(26(19,23)24)4-5-16(14)21-6-8-25-9-7-21;;/h4-5,10,12,15H,1-3,6-9,11,18H2,(H,20,22)(H2,19,23,24);2*1H. The first-order valence-electron chi connectivity index (χ1n) is 8.90. The summed E-state index contributed by atoms with van der Waals surface area (Å²) in [6.07, 6.45) is 2.91. The van der Waals surface area contributed by atoms with Crippen LogP contribution in [0.15, 0.2) is 23.1 Å². The van der Waals surface area contributed by atoms with E-state index in [1.54, 1.807) is 6.07 Å². The molecule has 1 aliphatic carbocycles. The molecular weight excluding hydrogens is 427 g/mol. The number of rotatable bonds is 5. The molecule has 0 spiro atoms. The molecule has 2 atom stereocenters. The summed E-state index contributed by atoms with van der Waals surface area (Å²) in [6, 6.07) is 4.47. The summed E-state index contributed by atoms with van der Waals surface area (Å²) in [6.45, 7) is 2.94. The van der Waals surface area contributed by atoms with E-state index in [0.29, 0.717) is 44.1 Å². The van der Waals surface area contributed by atoms with Crippen LogP contribution in [0.25, 0.3) is 0 Å². The molecule has 0 bridgehead atoms. The van der Waals surface area contributed by atoms with Crippen LogP contribution >= 0.6 is 24.8 Å². The van der Waals surface area contributed by atoms with Gasteiger partial charge in [0.15, 0.2) is 0 Å². The fraction of sp³-hybridized carbons (Fsp3) is 0.588. The Balaban J connectivity index is 0.00000196. The molecule has 5 N–H and O–H groups in total. The van der Waals surface area contributed by atoms with E-state index in [1.165, 1.54) is 12.1 Å². The van der Waals surface area contributed by atoms with Crippen molar-refractivity contribution in [1.82, 2.24) is 5.32 Å². The van der Waals surface area contributed by atoms with Gasteiger partial charge in [-0.2, -0.15) is 0 Å². The molecule has 1 saturated carbocycles. The number of amides is 1. The van der Waals surface area contributed by atoms with Gasteiger partial charge >= 0.3 is 0 Å². The van der Waals surface area contributed by atoms with E-state index in [9.17, 15) is 13.2 Å². The summed E-state index contributed by atoms with van der Waals surface area (Å²) in [7, 11) is -3.89. The number of hydrogen-bond donors (Lipinski definition) is 3. The average molecular weight is 455 g/mol. The molecule has 1 amide bonds. The van der Waals surface area contributed by atoms with Crippen molar-refractivity contribution in [2.75, 3.05) is 37.7 Å². The van der Waals surface area contributed by atoms with E-state index < -0.39 is 10.0 Å². The fourth-order valence-electron chi connectivity index (χ4n) is 3.71. The smallest absolute Gasteiger partial charge is 0.253 e. The molecule has 160 valence electrons. The van der Waals surface area contributed by atoms with E-state index in [2.05, 4.69) is 5.32 Å². The topological polar surface area (TPSA) is 128 Å². The summed E-state index contributed by atoms with van der Waals surface area (Å²) in [5.41, 5.74) is 6.81. The van der Waals surface area contributed by atoms with Gasteiger partial charge in [-0.25, -0.2) is 13.6 Å². The van der Waals surface area contributed by atoms with Crippen molar-refractivity contribution in [2.24, 2.45) is 16.8 Å². The molecule has 1 aromatic carbocycles. The van der Waals surface area contributed by atoms with Gasteiger partial charge in [-0.15, -0.1) is 24.8 Å². The third-order valence-electron chi connectivity index (χ3n) is 5.17. The number of carbonyl (C=O) groups is 1. The van der Waals surface area contributed by atoms with Gasteiger partial charge in [0, 0.05) is 24.8 Å². The molecule has 2 fully saturated rings. The molecule has 11 heteroatoms. The van der Waals surface area contributed by atoms with E-state index in [1.807, 2.05) is 4.90 Å². The van der Waals surface area contributed by atoms with Crippen LogP contribution in [-0.4, -0.2) is 53.2 Å². The Hall–Kier alpha value is -1.10. The molecule has 28 heavy (non-hydrogen) atoms. The minimum atomic E-state index is -3.89. The Morgan fingerprint density at radius 3 is 2.50 bits per heavy atom. The predicted octanol–water partition coefficient (Wildman–Crippen LogP) is 0.871. The van der Waals surface area contributed by atoms with Gasteiger partial charge < -0.3 is 20.7 Å². The molecule has 0 aromatic heterocycles. The Morgan fingerprint density at radius 1 is 1.21 bits per heavy atom. The number of benzene rings is 1. The van der Waals surface area contributed by atoms with Gasteiger partial charge in [0.05, 0.1) is 23.7 Å². The second-order valence-electron chi connectivity index (χ2n) is 6.83. The molecule has 0 radical (unpaired) electrons. The molecule has 1 aliphatic heterocycles. The summed E-state index contributed by atoms with van der Waals surface area (Å²) in [4.78, 5) is 14.9. The summed E-state index contributed by atoms with van der Waals surface area (Å²) < 4.78 is 28.8. The molecule has 1 aromatic rings. The van der Waals surface area contributed by atoms with Crippen LogP contribution in [0.5, 0.6) is 0 Å². The van der Waals surface area contributed by atoms with Gasteiger partial charge in [0.25, 0.3) is 5.91 Å².